The summed E-state index contributed by atoms with van der Waals surface area (Å²) in [4.78, 5) is 0. The van der Waals surface area contributed by atoms with E-state index in [9.17, 15) is 0 Å². The van der Waals surface area contributed by atoms with Crippen molar-refractivity contribution in [2.75, 3.05) is 13.7 Å². The molecule has 0 aromatic heterocycles. The molecule has 0 saturated heterocycles. The van der Waals surface area contributed by atoms with E-state index in [-0.39, 0.29) is 12.0 Å². The summed E-state index contributed by atoms with van der Waals surface area (Å²) >= 11 is 0. The molecule has 0 aliphatic carbocycles. The van der Waals surface area contributed by atoms with E-state index in [0.29, 0.717) is 12.5 Å². The van der Waals surface area contributed by atoms with Crippen LogP contribution < -0.4 is 16.2 Å². The van der Waals surface area contributed by atoms with Crippen LogP contribution >= 0.6 is 0 Å². The second-order valence-corrected chi connectivity index (χ2v) is 5.35. The van der Waals surface area contributed by atoms with E-state index in [1.165, 1.54) is 11.1 Å². The summed E-state index contributed by atoms with van der Waals surface area (Å²) in [6.07, 6.45) is 0. The molecule has 102 valence electrons. The number of rotatable bonds is 5. The number of methoxy groups -OCH3 is 1. The van der Waals surface area contributed by atoms with Crippen molar-refractivity contribution in [1.82, 2.24) is 0 Å². The average molecular weight is 250 g/mol. The van der Waals surface area contributed by atoms with Crippen LogP contribution in [0.4, 0.5) is 0 Å². The van der Waals surface area contributed by atoms with E-state index in [0.717, 1.165) is 11.3 Å². The maximum absolute atomic E-state index is 6.39. The SMILES string of the molecule is COc1cc(C)c(C)cc1C(N)C(CN)C(C)C. The zero-order valence-electron chi connectivity index (χ0n) is 12.2. The monoisotopic (exact) mass is 250 g/mol. The molecular formula is C15H26N2O. The van der Waals surface area contributed by atoms with Crippen molar-refractivity contribution in [3.05, 3.63) is 28.8 Å². The second kappa shape index (κ2) is 6.21. The number of ether oxygens (including phenoxy) is 1. The van der Waals surface area contributed by atoms with Gasteiger partial charge in [0, 0.05) is 11.6 Å². The van der Waals surface area contributed by atoms with E-state index in [2.05, 4.69) is 39.8 Å². The fourth-order valence-corrected chi connectivity index (χ4v) is 2.31. The third kappa shape index (κ3) is 3.03. The van der Waals surface area contributed by atoms with Crippen molar-refractivity contribution in [3.63, 3.8) is 0 Å². The molecule has 0 radical (unpaired) electrons. The van der Waals surface area contributed by atoms with E-state index in [1.807, 2.05) is 0 Å². The van der Waals surface area contributed by atoms with Gasteiger partial charge in [-0.25, -0.2) is 0 Å². The minimum atomic E-state index is -0.0794. The minimum Gasteiger partial charge on any atom is -0.496 e. The van der Waals surface area contributed by atoms with Gasteiger partial charge in [-0.2, -0.15) is 0 Å². The van der Waals surface area contributed by atoms with Crippen LogP contribution in [-0.2, 0) is 0 Å². The Morgan fingerprint density at radius 2 is 1.72 bits per heavy atom. The van der Waals surface area contributed by atoms with Crippen LogP contribution in [0.5, 0.6) is 5.75 Å². The molecule has 3 heteroatoms. The molecule has 0 fully saturated rings. The van der Waals surface area contributed by atoms with Crippen LogP contribution in [0.2, 0.25) is 0 Å². The summed E-state index contributed by atoms with van der Waals surface area (Å²) in [7, 11) is 1.69. The van der Waals surface area contributed by atoms with Gasteiger partial charge in [-0.3, -0.25) is 0 Å². The Labute approximate surface area is 111 Å². The van der Waals surface area contributed by atoms with Gasteiger partial charge in [0.15, 0.2) is 0 Å². The highest BCUT2D eigenvalue weighted by molar-refractivity contribution is 5.43. The topological polar surface area (TPSA) is 61.3 Å². The lowest BCUT2D eigenvalue weighted by Gasteiger charge is -2.28. The van der Waals surface area contributed by atoms with Crippen molar-refractivity contribution >= 4 is 0 Å². The summed E-state index contributed by atoms with van der Waals surface area (Å²) in [5.74, 6) is 1.59. The van der Waals surface area contributed by atoms with Crippen molar-refractivity contribution in [1.29, 1.82) is 0 Å². The zero-order valence-corrected chi connectivity index (χ0v) is 12.2. The summed E-state index contributed by atoms with van der Waals surface area (Å²) < 4.78 is 5.46. The largest absolute Gasteiger partial charge is 0.496 e. The minimum absolute atomic E-state index is 0.0794. The van der Waals surface area contributed by atoms with Gasteiger partial charge < -0.3 is 16.2 Å². The third-order valence-electron chi connectivity index (χ3n) is 3.79. The van der Waals surface area contributed by atoms with Crippen molar-refractivity contribution in [2.45, 2.75) is 33.7 Å². The van der Waals surface area contributed by atoms with Crippen molar-refractivity contribution in [3.8, 4) is 5.75 Å². The highest BCUT2D eigenvalue weighted by Gasteiger charge is 2.24. The van der Waals surface area contributed by atoms with Gasteiger partial charge >= 0.3 is 0 Å². The average Bonchev–Trinajstić information content (AvgIpc) is 2.32. The van der Waals surface area contributed by atoms with Gasteiger partial charge in [0.25, 0.3) is 0 Å². The van der Waals surface area contributed by atoms with Gasteiger partial charge in [0.05, 0.1) is 7.11 Å². The van der Waals surface area contributed by atoms with Crippen LogP contribution in [0.15, 0.2) is 12.1 Å². The van der Waals surface area contributed by atoms with Gasteiger partial charge in [-0.05, 0) is 49.4 Å². The normalized spacial score (nSPS) is 14.7. The number of aryl methyl sites for hydroxylation is 2. The van der Waals surface area contributed by atoms with Crippen LogP contribution in [-0.4, -0.2) is 13.7 Å². The Balaban J connectivity index is 3.18. The van der Waals surface area contributed by atoms with E-state index < -0.39 is 0 Å². The highest BCUT2D eigenvalue weighted by Crippen LogP contribution is 2.33. The fourth-order valence-electron chi connectivity index (χ4n) is 2.31. The van der Waals surface area contributed by atoms with Gasteiger partial charge in [0.2, 0.25) is 0 Å². The maximum atomic E-state index is 6.39. The summed E-state index contributed by atoms with van der Waals surface area (Å²) in [5, 5.41) is 0. The molecule has 2 atom stereocenters. The molecule has 1 aromatic carbocycles. The standard InChI is InChI=1S/C15H26N2O/c1-9(2)13(8-16)15(17)12-6-10(3)11(4)7-14(12)18-5/h6-7,9,13,15H,8,16-17H2,1-5H3. The van der Waals surface area contributed by atoms with Crippen molar-refractivity contribution < 1.29 is 4.74 Å². The molecule has 2 unspecified atom stereocenters. The first-order valence-electron chi connectivity index (χ1n) is 6.53. The summed E-state index contributed by atoms with van der Waals surface area (Å²) in [6, 6.07) is 4.10. The number of nitrogens with two attached hydrogens (primary N) is 2. The van der Waals surface area contributed by atoms with Crippen LogP contribution in [0.25, 0.3) is 0 Å². The number of hydrogen-bond donors (Lipinski definition) is 2. The number of benzene rings is 1. The maximum Gasteiger partial charge on any atom is 0.123 e. The molecule has 18 heavy (non-hydrogen) atoms. The molecule has 0 spiro atoms. The predicted octanol–water partition coefficient (Wildman–Crippen LogP) is 2.54. The Morgan fingerprint density at radius 3 is 2.17 bits per heavy atom. The highest BCUT2D eigenvalue weighted by atomic mass is 16.5. The first-order valence-corrected chi connectivity index (χ1v) is 6.53. The summed E-state index contributed by atoms with van der Waals surface area (Å²) in [5.41, 5.74) is 15.8. The van der Waals surface area contributed by atoms with Gasteiger partial charge in [-0.15, -0.1) is 0 Å². The van der Waals surface area contributed by atoms with Crippen LogP contribution in [0.3, 0.4) is 0 Å². The molecule has 3 nitrogen and oxygen atoms in total. The lowest BCUT2D eigenvalue weighted by atomic mass is 9.84. The van der Waals surface area contributed by atoms with Crippen LogP contribution in [0.1, 0.15) is 36.6 Å². The van der Waals surface area contributed by atoms with Gasteiger partial charge in [0.1, 0.15) is 5.75 Å². The molecule has 0 saturated carbocycles. The molecule has 1 rings (SSSR count). The van der Waals surface area contributed by atoms with Gasteiger partial charge in [-0.1, -0.05) is 19.9 Å². The fraction of sp³-hybridized carbons (Fsp3) is 0.600. The Morgan fingerprint density at radius 1 is 1.17 bits per heavy atom. The van der Waals surface area contributed by atoms with Crippen molar-refractivity contribution in [2.24, 2.45) is 23.3 Å². The smallest absolute Gasteiger partial charge is 0.123 e. The number of hydrogen-bond acceptors (Lipinski definition) is 3. The van der Waals surface area contributed by atoms with E-state index in [4.69, 9.17) is 16.2 Å². The molecule has 4 N–H and O–H groups in total. The Bertz CT molecular complexity index is 402. The molecule has 1 aromatic rings. The first kappa shape index (κ1) is 15.0. The lowest BCUT2D eigenvalue weighted by Crippen LogP contribution is -2.32. The molecule has 0 aliphatic rings. The quantitative estimate of drug-likeness (QED) is 0.844. The molecule has 0 aliphatic heterocycles. The molecule has 0 bridgehead atoms. The summed E-state index contributed by atoms with van der Waals surface area (Å²) in [6.45, 7) is 9.08. The van der Waals surface area contributed by atoms with E-state index >= 15 is 0 Å². The zero-order chi connectivity index (χ0) is 13.9. The lowest BCUT2D eigenvalue weighted by molar-refractivity contribution is 0.320. The third-order valence-corrected chi connectivity index (χ3v) is 3.79. The Kier molecular flexibility index (Phi) is 5.17. The first-order chi connectivity index (χ1) is 8.42. The molecular weight excluding hydrogens is 224 g/mol. The van der Waals surface area contributed by atoms with E-state index in [1.54, 1.807) is 7.11 Å². The predicted molar refractivity (Wildman–Crippen MR) is 76.8 cm³/mol. The molecule has 0 amide bonds. The second-order valence-electron chi connectivity index (χ2n) is 5.35. The van der Waals surface area contributed by atoms with Crippen LogP contribution in [0, 0.1) is 25.7 Å². The molecule has 0 heterocycles. The Hall–Kier alpha value is -1.06.